The Morgan fingerprint density at radius 2 is 2.08 bits per heavy atom. The first-order chi connectivity index (χ1) is 12.1. The number of hydrogen-bond donors (Lipinski definition) is 3. The molecule has 0 spiro atoms. The van der Waals surface area contributed by atoms with Gasteiger partial charge in [-0.15, -0.1) is 0 Å². The highest BCUT2D eigenvalue weighted by molar-refractivity contribution is 6.08. The molecule has 25 heavy (non-hydrogen) atoms. The molecular formula is C20H23FN4. The second kappa shape index (κ2) is 7.38. The Bertz CT molecular complexity index is 813. The largest absolute Gasteiger partial charge is 0.385 e. The maximum Gasteiger partial charge on any atom is 0.137 e. The summed E-state index contributed by atoms with van der Waals surface area (Å²) >= 11 is 0. The fourth-order valence-electron chi connectivity index (χ4n) is 2.83. The van der Waals surface area contributed by atoms with Crippen LogP contribution in [-0.2, 0) is 0 Å². The number of aliphatic imine (C=N–C) groups is 1. The van der Waals surface area contributed by atoms with E-state index in [9.17, 15) is 4.39 Å². The zero-order valence-electron chi connectivity index (χ0n) is 14.6. The molecule has 5 heteroatoms. The predicted molar refractivity (Wildman–Crippen MR) is 103 cm³/mol. The minimum atomic E-state index is -0.291. The highest BCUT2D eigenvalue weighted by Crippen LogP contribution is 2.26. The van der Waals surface area contributed by atoms with E-state index < -0.39 is 0 Å². The van der Waals surface area contributed by atoms with Crippen LogP contribution in [-0.4, -0.2) is 18.5 Å². The van der Waals surface area contributed by atoms with Crippen molar-refractivity contribution in [2.75, 3.05) is 17.2 Å². The zero-order chi connectivity index (χ0) is 17.8. The van der Waals surface area contributed by atoms with Gasteiger partial charge in [0.1, 0.15) is 17.8 Å². The third-order valence-electron chi connectivity index (χ3n) is 4.01. The van der Waals surface area contributed by atoms with E-state index in [-0.39, 0.29) is 12.0 Å². The molecule has 2 aromatic carbocycles. The number of nitrogens with one attached hydrogen (secondary N) is 3. The van der Waals surface area contributed by atoms with Crippen molar-refractivity contribution in [2.24, 2.45) is 4.99 Å². The van der Waals surface area contributed by atoms with Gasteiger partial charge < -0.3 is 16.0 Å². The summed E-state index contributed by atoms with van der Waals surface area (Å²) in [4.78, 5) is 4.62. The van der Waals surface area contributed by atoms with Gasteiger partial charge in [0, 0.05) is 34.7 Å². The molecule has 0 saturated carbocycles. The number of benzene rings is 2. The summed E-state index contributed by atoms with van der Waals surface area (Å²) in [5, 5.41) is 9.91. The Morgan fingerprint density at radius 1 is 1.28 bits per heavy atom. The average Bonchev–Trinajstić information content (AvgIpc) is 2.60. The van der Waals surface area contributed by atoms with Gasteiger partial charge in [0.15, 0.2) is 0 Å². The predicted octanol–water partition coefficient (Wildman–Crippen LogP) is 4.43. The zero-order valence-corrected chi connectivity index (χ0v) is 14.6. The second-order valence-corrected chi connectivity index (χ2v) is 6.06. The van der Waals surface area contributed by atoms with Crippen LogP contribution in [0.1, 0.15) is 31.4 Å². The topological polar surface area (TPSA) is 48.5 Å². The molecule has 1 aliphatic heterocycles. The molecule has 0 aliphatic carbocycles. The summed E-state index contributed by atoms with van der Waals surface area (Å²) < 4.78 is 13.8. The van der Waals surface area contributed by atoms with E-state index in [0.717, 1.165) is 35.7 Å². The van der Waals surface area contributed by atoms with Crippen molar-refractivity contribution in [1.82, 2.24) is 5.32 Å². The smallest absolute Gasteiger partial charge is 0.137 e. The third-order valence-corrected chi connectivity index (χ3v) is 4.01. The molecule has 1 unspecified atom stereocenters. The van der Waals surface area contributed by atoms with Crippen LogP contribution in [0.3, 0.4) is 0 Å². The van der Waals surface area contributed by atoms with Crippen molar-refractivity contribution in [1.29, 1.82) is 0 Å². The Morgan fingerprint density at radius 3 is 2.88 bits per heavy atom. The Hall–Kier alpha value is -2.82. The van der Waals surface area contributed by atoms with Gasteiger partial charge in [-0.05, 0) is 43.7 Å². The van der Waals surface area contributed by atoms with Gasteiger partial charge in [-0.25, -0.2) is 9.38 Å². The minimum absolute atomic E-state index is 0.0459. The molecule has 1 aliphatic rings. The van der Waals surface area contributed by atoms with Crippen molar-refractivity contribution in [2.45, 2.75) is 26.4 Å². The van der Waals surface area contributed by atoms with E-state index in [1.54, 1.807) is 6.07 Å². The summed E-state index contributed by atoms with van der Waals surface area (Å²) in [5.41, 5.74) is 4.17. The molecule has 3 rings (SSSR count). The number of hydrogen-bond acceptors (Lipinski definition) is 4. The molecule has 2 aromatic rings. The molecule has 1 heterocycles. The maximum absolute atomic E-state index is 13.8. The number of nitrogens with zero attached hydrogens (tertiary/aromatic N) is 1. The van der Waals surface area contributed by atoms with Crippen molar-refractivity contribution in [3.8, 4) is 0 Å². The Kier molecular flexibility index (Phi) is 5.03. The van der Waals surface area contributed by atoms with E-state index in [1.165, 1.54) is 12.1 Å². The monoisotopic (exact) mass is 338 g/mol. The van der Waals surface area contributed by atoms with E-state index in [2.05, 4.69) is 34.4 Å². The third kappa shape index (κ3) is 3.82. The van der Waals surface area contributed by atoms with Crippen LogP contribution >= 0.6 is 0 Å². The van der Waals surface area contributed by atoms with Gasteiger partial charge in [0.2, 0.25) is 0 Å². The highest BCUT2D eigenvalue weighted by atomic mass is 19.1. The molecule has 4 nitrogen and oxygen atoms in total. The Labute approximate surface area is 147 Å². The molecule has 3 N–H and O–H groups in total. The molecule has 0 bridgehead atoms. The second-order valence-electron chi connectivity index (χ2n) is 6.06. The van der Waals surface area contributed by atoms with Crippen LogP contribution in [0.2, 0.25) is 0 Å². The lowest BCUT2D eigenvalue weighted by molar-refractivity contribution is 0.627. The molecule has 0 saturated heterocycles. The number of fused-ring (bicyclic) bond motifs is 1. The first-order valence-corrected chi connectivity index (χ1v) is 8.52. The summed E-state index contributed by atoms with van der Waals surface area (Å²) in [6.07, 6.45) is 0.940. The van der Waals surface area contributed by atoms with Crippen LogP contribution in [0.4, 0.5) is 15.8 Å². The minimum Gasteiger partial charge on any atom is -0.385 e. The number of rotatable bonds is 5. The van der Waals surface area contributed by atoms with Crippen LogP contribution in [0, 0.1) is 5.82 Å². The van der Waals surface area contributed by atoms with Gasteiger partial charge in [0.25, 0.3) is 0 Å². The summed E-state index contributed by atoms with van der Waals surface area (Å²) in [7, 11) is 0. The lowest BCUT2D eigenvalue weighted by Crippen LogP contribution is -2.31. The van der Waals surface area contributed by atoms with Crippen LogP contribution in [0.25, 0.3) is 5.70 Å². The first-order valence-electron chi connectivity index (χ1n) is 8.52. The van der Waals surface area contributed by atoms with Gasteiger partial charge in [-0.2, -0.15) is 0 Å². The molecule has 0 amide bonds. The standard InChI is InChI=1S/C20H23FN4/c1-4-11-22-18-10-9-15(21)12-17(18)13(2)23-20-16-7-5-6-8-19(16)24-14(3)25-20/h5-10,12,14,22,24H,2,4,11H2,1,3H3,(H,23,25). The van der Waals surface area contributed by atoms with Crippen molar-refractivity contribution in [3.05, 3.63) is 66.0 Å². The van der Waals surface area contributed by atoms with Crippen LogP contribution in [0.15, 0.2) is 54.0 Å². The molecule has 130 valence electrons. The number of anilines is 2. The van der Waals surface area contributed by atoms with Gasteiger partial charge in [0.05, 0.1) is 0 Å². The Balaban J connectivity index is 1.89. The van der Waals surface area contributed by atoms with E-state index in [1.807, 2.05) is 31.2 Å². The molecule has 0 fully saturated rings. The highest BCUT2D eigenvalue weighted by Gasteiger charge is 2.18. The van der Waals surface area contributed by atoms with Crippen molar-refractivity contribution >= 4 is 22.9 Å². The summed E-state index contributed by atoms with van der Waals surface area (Å²) in [6, 6.07) is 12.6. The van der Waals surface area contributed by atoms with E-state index >= 15 is 0 Å². The van der Waals surface area contributed by atoms with Crippen molar-refractivity contribution < 1.29 is 4.39 Å². The summed E-state index contributed by atoms with van der Waals surface area (Å²) in [5.74, 6) is 0.443. The lowest BCUT2D eigenvalue weighted by Gasteiger charge is -2.25. The van der Waals surface area contributed by atoms with E-state index in [0.29, 0.717) is 11.3 Å². The molecular weight excluding hydrogens is 315 g/mol. The van der Waals surface area contributed by atoms with Gasteiger partial charge in [-0.3, -0.25) is 0 Å². The number of para-hydroxylation sites is 1. The normalized spacial score (nSPS) is 15.6. The van der Waals surface area contributed by atoms with Crippen LogP contribution < -0.4 is 16.0 Å². The number of amidine groups is 1. The average molecular weight is 338 g/mol. The number of halogens is 1. The van der Waals surface area contributed by atoms with Gasteiger partial charge in [-0.1, -0.05) is 25.6 Å². The lowest BCUT2D eigenvalue weighted by atomic mass is 10.1. The maximum atomic E-state index is 13.8. The van der Waals surface area contributed by atoms with Gasteiger partial charge >= 0.3 is 0 Å². The fourth-order valence-corrected chi connectivity index (χ4v) is 2.83. The van der Waals surface area contributed by atoms with Crippen molar-refractivity contribution in [3.63, 3.8) is 0 Å². The fraction of sp³-hybridized carbons (Fsp3) is 0.250. The first kappa shape index (κ1) is 17.0. The molecule has 0 aromatic heterocycles. The molecule has 0 radical (unpaired) electrons. The molecule has 1 atom stereocenters. The van der Waals surface area contributed by atoms with E-state index in [4.69, 9.17) is 0 Å². The quantitative estimate of drug-likeness (QED) is 0.756. The SMILES string of the molecule is C=C(NC1=NC(C)Nc2ccccc21)c1cc(F)ccc1NCCC. The summed E-state index contributed by atoms with van der Waals surface area (Å²) in [6.45, 7) is 9.00. The van der Waals surface area contributed by atoms with Crippen LogP contribution in [0.5, 0.6) is 0 Å².